The summed E-state index contributed by atoms with van der Waals surface area (Å²) in [6.45, 7) is 0. The average molecular weight is 416 g/mol. The van der Waals surface area contributed by atoms with Crippen LogP contribution in [-0.2, 0) is 6.18 Å². The largest absolute Gasteiger partial charge is 0.457 e. The molecule has 0 aliphatic rings. The lowest BCUT2D eigenvalue weighted by atomic mass is 10.2. The highest BCUT2D eigenvalue weighted by atomic mass is 35.5. The minimum absolute atomic E-state index is 0.317. The van der Waals surface area contributed by atoms with Gasteiger partial charge in [-0.15, -0.1) is 0 Å². The summed E-state index contributed by atoms with van der Waals surface area (Å²) in [6.07, 6.45) is -2.93. The molecule has 0 spiro atoms. The molecule has 8 heteroatoms. The Balaban J connectivity index is 1.49. The molecule has 4 aromatic rings. The van der Waals surface area contributed by atoms with Gasteiger partial charge in [-0.05, 0) is 66.7 Å². The molecule has 0 bridgehead atoms. The number of anilines is 2. The molecule has 1 heterocycles. The zero-order valence-electron chi connectivity index (χ0n) is 14.7. The van der Waals surface area contributed by atoms with Crippen LogP contribution in [0.4, 0.5) is 24.7 Å². The first kappa shape index (κ1) is 19.0. The molecule has 0 aliphatic carbocycles. The van der Waals surface area contributed by atoms with Crippen molar-refractivity contribution in [3.8, 4) is 11.5 Å². The van der Waals surface area contributed by atoms with E-state index in [1.807, 2.05) is 6.07 Å². The minimum atomic E-state index is -4.37. The van der Waals surface area contributed by atoms with E-state index < -0.39 is 11.7 Å². The summed E-state index contributed by atoms with van der Waals surface area (Å²) < 4.78 is 43.5. The smallest absolute Gasteiger partial charge is 0.416 e. The number of hydrogen-bond acceptors (Lipinski definition) is 4. The van der Waals surface area contributed by atoms with Crippen molar-refractivity contribution in [1.82, 2.24) is 9.97 Å². The number of hydrogen-bond donors (Lipinski definition) is 1. The second-order valence-corrected chi connectivity index (χ2v) is 6.59. The Morgan fingerprint density at radius 3 is 2.14 bits per heavy atom. The van der Waals surface area contributed by atoms with E-state index in [1.54, 1.807) is 36.4 Å². The fourth-order valence-corrected chi connectivity index (χ4v) is 2.89. The number of halogens is 4. The molecule has 1 aromatic heterocycles. The molecule has 0 unspecified atom stereocenters. The van der Waals surface area contributed by atoms with E-state index in [1.165, 1.54) is 18.5 Å². The summed E-state index contributed by atoms with van der Waals surface area (Å²) >= 11 is 6.00. The predicted molar refractivity (Wildman–Crippen MR) is 106 cm³/mol. The van der Waals surface area contributed by atoms with Gasteiger partial charge < -0.3 is 10.1 Å². The molecule has 0 saturated carbocycles. The molecule has 0 amide bonds. The molecule has 29 heavy (non-hydrogen) atoms. The van der Waals surface area contributed by atoms with E-state index in [2.05, 4.69) is 15.3 Å². The number of aromatic nitrogens is 2. The zero-order chi connectivity index (χ0) is 20.4. The lowest BCUT2D eigenvalue weighted by Gasteiger charge is -2.11. The third-order valence-electron chi connectivity index (χ3n) is 4.13. The first-order valence-corrected chi connectivity index (χ1v) is 8.89. The molecule has 0 aliphatic heterocycles. The van der Waals surface area contributed by atoms with Gasteiger partial charge in [-0.25, -0.2) is 9.97 Å². The number of rotatable bonds is 4. The van der Waals surface area contributed by atoms with Gasteiger partial charge in [-0.2, -0.15) is 13.2 Å². The van der Waals surface area contributed by atoms with Gasteiger partial charge in [0.1, 0.15) is 23.6 Å². The summed E-state index contributed by atoms with van der Waals surface area (Å²) in [5, 5.41) is 4.62. The number of ether oxygens (including phenoxy) is 1. The fraction of sp³-hybridized carbons (Fsp3) is 0.0476. The predicted octanol–water partition coefficient (Wildman–Crippen LogP) is 6.84. The van der Waals surface area contributed by atoms with Crippen molar-refractivity contribution in [3.63, 3.8) is 0 Å². The Morgan fingerprint density at radius 1 is 0.828 bits per heavy atom. The van der Waals surface area contributed by atoms with Crippen LogP contribution in [0.2, 0.25) is 5.02 Å². The second-order valence-electron chi connectivity index (χ2n) is 6.16. The van der Waals surface area contributed by atoms with Crippen molar-refractivity contribution < 1.29 is 17.9 Å². The molecule has 0 fully saturated rings. The van der Waals surface area contributed by atoms with E-state index in [0.717, 1.165) is 28.7 Å². The number of fused-ring (bicyclic) bond motifs is 1. The SMILES string of the molecule is FC(F)(F)c1ccc(Oc2ccc(Nc3ncnc4cc(Cl)ccc34)cc2)cc1. The Morgan fingerprint density at radius 2 is 1.48 bits per heavy atom. The van der Waals surface area contributed by atoms with Crippen LogP contribution in [0.3, 0.4) is 0 Å². The van der Waals surface area contributed by atoms with Crippen LogP contribution in [0.15, 0.2) is 73.1 Å². The van der Waals surface area contributed by atoms with Gasteiger partial charge in [-0.1, -0.05) is 11.6 Å². The molecule has 4 nitrogen and oxygen atoms in total. The maximum absolute atomic E-state index is 12.6. The van der Waals surface area contributed by atoms with Crippen LogP contribution in [0.5, 0.6) is 11.5 Å². The second kappa shape index (κ2) is 7.60. The topological polar surface area (TPSA) is 47.0 Å². The molecular weight excluding hydrogens is 403 g/mol. The van der Waals surface area contributed by atoms with E-state index in [-0.39, 0.29) is 0 Å². The van der Waals surface area contributed by atoms with Crippen LogP contribution in [0, 0.1) is 0 Å². The van der Waals surface area contributed by atoms with Crippen molar-refractivity contribution >= 4 is 34.0 Å². The lowest BCUT2D eigenvalue weighted by molar-refractivity contribution is -0.137. The highest BCUT2D eigenvalue weighted by molar-refractivity contribution is 6.31. The Labute approximate surface area is 168 Å². The molecule has 4 rings (SSSR count). The molecule has 3 aromatic carbocycles. The summed E-state index contributed by atoms with van der Waals surface area (Å²) in [7, 11) is 0. The van der Waals surface area contributed by atoms with Crippen molar-refractivity contribution in [3.05, 3.63) is 83.6 Å². The van der Waals surface area contributed by atoms with Crippen LogP contribution in [0.1, 0.15) is 5.56 Å². The Hall–Kier alpha value is -3.32. The monoisotopic (exact) mass is 415 g/mol. The Kier molecular flexibility index (Phi) is 4.98. The van der Waals surface area contributed by atoms with Crippen LogP contribution >= 0.6 is 11.6 Å². The van der Waals surface area contributed by atoms with Crippen LogP contribution < -0.4 is 10.1 Å². The van der Waals surface area contributed by atoms with Crippen LogP contribution in [-0.4, -0.2) is 9.97 Å². The normalized spacial score (nSPS) is 11.4. The average Bonchev–Trinajstić information content (AvgIpc) is 2.69. The van der Waals surface area contributed by atoms with Crippen LogP contribution in [0.25, 0.3) is 10.9 Å². The maximum atomic E-state index is 12.6. The van der Waals surface area contributed by atoms with E-state index in [9.17, 15) is 13.2 Å². The van der Waals surface area contributed by atoms with E-state index >= 15 is 0 Å². The van der Waals surface area contributed by atoms with Gasteiger partial charge >= 0.3 is 6.18 Å². The standard InChI is InChI=1S/C21H13ClF3N3O/c22-14-3-10-18-19(11-14)26-12-27-20(18)28-15-4-8-17(9-5-15)29-16-6-1-13(2-7-16)21(23,24)25/h1-12H,(H,26,27,28). The third-order valence-corrected chi connectivity index (χ3v) is 4.37. The highest BCUT2D eigenvalue weighted by Gasteiger charge is 2.30. The van der Waals surface area contributed by atoms with Gasteiger partial charge in [0.05, 0.1) is 11.1 Å². The first-order valence-electron chi connectivity index (χ1n) is 8.51. The van der Waals surface area contributed by atoms with Gasteiger partial charge in [0, 0.05) is 16.1 Å². The molecule has 1 N–H and O–H groups in total. The van der Waals surface area contributed by atoms with Crippen molar-refractivity contribution in [2.24, 2.45) is 0 Å². The van der Waals surface area contributed by atoms with Gasteiger partial charge in [0.25, 0.3) is 0 Å². The minimum Gasteiger partial charge on any atom is -0.457 e. The van der Waals surface area contributed by atoms with E-state index in [4.69, 9.17) is 16.3 Å². The molecule has 146 valence electrons. The molecule has 0 atom stereocenters. The quantitative estimate of drug-likeness (QED) is 0.396. The number of nitrogens with one attached hydrogen (secondary N) is 1. The summed E-state index contributed by atoms with van der Waals surface area (Å²) in [4.78, 5) is 8.46. The van der Waals surface area contributed by atoms with Crippen molar-refractivity contribution in [2.75, 3.05) is 5.32 Å². The summed E-state index contributed by atoms with van der Waals surface area (Å²) in [5.41, 5.74) is 0.764. The number of benzene rings is 3. The number of alkyl halides is 3. The maximum Gasteiger partial charge on any atom is 0.416 e. The van der Waals surface area contributed by atoms with Crippen molar-refractivity contribution in [2.45, 2.75) is 6.18 Å². The molecule has 0 saturated heterocycles. The molecule has 0 radical (unpaired) electrons. The van der Waals surface area contributed by atoms with Gasteiger partial charge in [-0.3, -0.25) is 0 Å². The molecular formula is C21H13ClF3N3O. The fourth-order valence-electron chi connectivity index (χ4n) is 2.72. The van der Waals surface area contributed by atoms with Gasteiger partial charge in [0.2, 0.25) is 0 Å². The lowest BCUT2D eigenvalue weighted by Crippen LogP contribution is -2.03. The number of nitrogens with zero attached hydrogens (tertiary/aromatic N) is 2. The highest BCUT2D eigenvalue weighted by Crippen LogP contribution is 2.32. The summed E-state index contributed by atoms with van der Waals surface area (Å²) in [5.74, 6) is 1.44. The van der Waals surface area contributed by atoms with E-state index in [0.29, 0.717) is 22.3 Å². The zero-order valence-corrected chi connectivity index (χ0v) is 15.5. The Bertz CT molecular complexity index is 1150. The van der Waals surface area contributed by atoms with Gasteiger partial charge in [0.15, 0.2) is 0 Å². The first-order chi connectivity index (χ1) is 13.9. The summed E-state index contributed by atoms with van der Waals surface area (Å²) in [6, 6.07) is 16.9. The van der Waals surface area contributed by atoms with Crippen molar-refractivity contribution in [1.29, 1.82) is 0 Å². The third kappa shape index (κ3) is 4.41.